The average Bonchev–Trinajstić information content (AvgIpc) is 2.84. The molecule has 0 aromatic heterocycles. The molecule has 1 aliphatic rings. The molecule has 3 nitrogen and oxygen atoms in total. The van der Waals surface area contributed by atoms with Crippen LogP contribution in [-0.2, 0) is 16.0 Å². The van der Waals surface area contributed by atoms with Crippen molar-refractivity contribution in [2.24, 2.45) is 0 Å². The van der Waals surface area contributed by atoms with E-state index in [1.165, 1.54) is 12.8 Å². The zero-order valence-electron chi connectivity index (χ0n) is 11.6. The van der Waals surface area contributed by atoms with Gasteiger partial charge in [-0.1, -0.05) is 23.7 Å². The molecule has 0 N–H and O–H groups in total. The van der Waals surface area contributed by atoms with Crippen LogP contribution in [0, 0.1) is 0 Å². The summed E-state index contributed by atoms with van der Waals surface area (Å²) in [6.45, 7) is 5.04. The van der Waals surface area contributed by atoms with Crippen molar-refractivity contribution in [2.75, 3.05) is 19.6 Å². The summed E-state index contributed by atoms with van der Waals surface area (Å²) in [5.74, 6) is -0.172. The quantitative estimate of drug-likeness (QED) is 0.711. The standard InChI is InChI=1S/C15H20ClNO2.ClH/c1-12(11-17-8-2-3-9-17)19-15(18)10-13-4-6-14(16)7-5-13;/h4-7,12H,2-3,8-11H2,1H3;1H/p-1. The van der Waals surface area contributed by atoms with Gasteiger partial charge in [-0.2, -0.15) is 0 Å². The predicted octanol–water partition coefficient (Wildman–Crippen LogP) is -0.0860. The van der Waals surface area contributed by atoms with Crippen molar-refractivity contribution in [1.29, 1.82) is 0 Å². The van der Waals surface area contributed by atoms with Crippen molar-refractivity contribution in [2.45, 2.75) is 32.3 Å². The van der Waals surface area contributed by atoms with Gasteiger partial charge in [0.1, 0.15) is 6.10 Å². The molecule has 1 saturated heterocycles. The van der Waals surface area contributed by atoms with E-state index in [4.69, 9.17) is 16.3 Å². The highest BCUT2D eigenvalue weighted by Gasteiger charge is 2.17. The van der Waals surface area contributed by atoms with Gasteiger partial charge in [0, 0.05) is 11.6 Å². The summed E-state index contributed by atoms with van der Waals surface area (Å²) in [5.41, 5.74) is 0.933. The van der Waals surface area contributed by atoms with E-state index in [2.05, 4.69) is 4.90 Å². The van der Waals surface area contributed by atoms with E-state index in [1.807, 2.05) is 19.1 Å². The van der Waals surface area contributed by atoms with Gasteiger partial charge in [-0.05, 0) is 50.6 Å². The second-order valence-electron chi connectivity index (χ2n) is 5.11. The van der Waals surface area contributed by atoms with Crippen molar-refractivity contribution in [3.8, 4) is 0 Å². The van der Waals surface area contributed by atoms with Crippen LogP contribution < -0.4 is 12.4 Å². The van der Waals surface area contributed by atoms with E-state index in [-0.39, 0.29) is 24.5 Å². The Labute approximate surface area is 131 Å². The molecule has 1 aromatic rings. The Balaban J connectivity index is 0.00000200. The molecule has 0 radical (unpaired) electrons. The summed E-state index contributed by atoms with van der Waals surface area (Å²) < 4.78 is 5.43. The molecule has 112 valence electrons. The van der Waals surface area contributed by atoms with Gasteiger partial charge in [0.05, 0.1) is 6.42 Å². The van der Waals surface area contributed by atoms with Crippen molar-refractivity contribution >= 4 is 17.6 Å². The molecule has 1 unspecified atom stereocenters. The number of carbonyl (C=O) groups is 1. The van der Waals surface area contributed by atoms with E-state index in [9.17, 15) is 4.79 Å². The summed E-state index contributed by atoms with van der Waals surface area (Å²) in [5, 5.41) is 0.680. The lowest BCUT2D eigenvalue weighted by molar-refractivity contribution is -0.148. The number of esters is 1. The lowest BCUT2D eigenvalue weighted by atomic mass is 10.1. The molecule has 0 spiro atoms. The van der Waals surface area contributed by atoms with Gasteiger partial charge >= 0.3 is 5.97 Å². The van der Waals surface area contributed by atoms with Gasteiger partial charge in [-0.25, -0.2) is 0 Å². The van der Waals surface area contributed by atoms with Crippen LogP contribution in [0.5, 0.6) is 0 Å². The zero-order chi connectivity index (χ0) is 13.7. The van der Waals surface area contributed by atoms with E-state index in [1.54, 1.807) is 12.1 Å². The first kappa shape index (κ1) is 17.3. The van der Waals surface area contributed by atoms with Gasteiger partial charge in [-0.3, -0.25) is 9.69 Å². The fourth-order valence-electron chi connectivity index (χ4n) is 2.40. The summed E-state index contributed by atoms with van der Waals surface area (Å²) in [6, 6.07) is 7.29. The third-order valence-electron chi connectivity index (χ3n) is 3.31. The SMILES string of the molecule is CC(CN1CCCC1)OC(=O)Cc1ccc(Cl)cc1.[Cl-]. The lowest BCUT2D eigenvalue weighted by Crippen LogP contribution is -3.00. The summed E-state index contributed by atoms with van der Waals surface area (Å²) in [6.07, 6.45) is 2.77. The largest absolute Gasteiger partial charge is 1.00 e. The third-order valence-corrected chi connectivity index (χ3v) is 3.56. The Kier molecular flexibility index (Phi) is 7.35. The minimum Gasteiger partial charge on any atom is -1.00 e. The highest BCUT2D eigenvalue weighted by molar-refractivity contribution is 6.30. The second-order valence-corrected chi connectivity index (χ2v) is 5.55. The maximum Gasteiger partial charge on any atom is 0.310 e. The van der Waals surface area contributed by atoms with Crippen LogP contribution in [-0.4, -0.2) is 36.6 Å². The van der Waals surface area contributed by atoms with Crippen molar-refractivity contribution < 1.29 is 21.9 Å². The highest BCUT2D eigenvalue weighted by atomic mass is 35.5. The van der Waals surface area contributed by atoms with Crippen LogP contribution in [0.1, 0.15) is 25.3 Å². The lowest BCUT2D eigenvalue weighted by Gasteiger charge is -2.20. The molecule has 0 amide bonds. The molecule has 0 aliphatic carbocycles. The molecule has 1 fully saturated rings. The molecule has 1 heterocycles. The van der Waals surface area contributed by atoms with Gasteiger partial charge in [-0.15, -0.1) is 0 Å². The highest BCUT2D eigenvalue weighted by Crippen LogP contribution is 2.12. The maximum atomic E-state index is 11.8. The molecule has 1 aromatic carbocycles. The predicted molar refractivity (Wildman–Crippen MR) is 76.4 cm³/mol. The summed E-state index contributed by atoms with van der Waals surface area (Å²) >= 11 is 5.81. The van der Waals surface area contributed by atoms with Crippen LogP contribution >= 0.6 is 11.6 Å². The number of nitrogens with zero attached hydrogens (tertiary/aromatic N) is 1. The molecule has 0 saturated carbocycles. The topological polar surface area (TPSA) is 29.5 Å². The van der Waals surface area contributed by atoms with Gasteiger partial charge < -0.3 is 17.1 Å². The first-order chi connectivity index (χ1) is 9.13. The van der Waals surface area contributed by atoms with Crippen LogP contribution in [0.3, 0.4) is 0 Å². The number of hydrogen-bond acceptors (Lipinski definition) is 3. The summed E-state index contributed by atoms with van der Waals surface area (Å²) in [7, 11) is 0. The molecule has 2 rings (SSSR count). The third kappa shape index (κ3) is 5.70. The van der Waals surface area contributed by atoms with Crippen LogP contribution in [0.4, 0.5) is 0 Å². The summed E-state index contributed by atoms with van der Waals surface area (Å²) in [4.78, 5) is 14.2. The first-order valence-corrected chi connectivity index (χ1v) is 7.17. The first-order valence-electron chi connectivity index (χ1n) is 6.80. The van der Waals surface area contributed by atoms with Gasteiger partial charge in [0.25, 0.3) is 0 Å². The number of benzene rings is 1. The average molecular weight is 317 g/mol. The second kappa shape index (κ2) is 8.50. The minimum atomic E-state index is -0.172. The normalized spacial score (nSPS) is 16.5. The van der Waals surface area contributed by atoms with Gasteiger partial charge in [0.15, 0.2) is 0 Å². The number of rotatable bonds is 5. The minimum absolute atomic E-state index is 0. The smallest absolute Gasteiger partial charge is 0.310 e. The number of carbonyl (C=O) groups excluding carboxylic acids is 1. The Morgan fingerprint density at radius 2 is 1.90 bits per heavy atom. The Hall–Kier alpha value is -0.770. The molecule has 1 atom stereocenters. The molecule has 0 bridgehead atoms. The molecule has 20 heavy (non-hydrogen) atoms. The molecular formula is C15H20Cl2NO2-. The zero-order valence-corrected chi connectivity index (χ0v) is 13.2. The fourth-order valence-corrected chi connectivity index (χ4v) is 2.53. The maximum absolute atomic E-state index is 11.8. The monoisotopic (exact) mass is 316 g/mol. The van der Waals surface area contributed by atoms with E-state index >= 15 is 0 Å². The molecular weight excluding hydrogens is 297 g/mol. The van der Waals surface area contributed by atoms with E-state index in [0.29, 0.717) is 11.4 Å². The van der Waals surface area contributed by atoms with Crippen molar-refractivity contribution in [3.05, 3.63) is 34.9 Å². The van der Waals surface area contributed by atoms with Crippen LogP contribution in [0.15, 0.2) is 24.3 Å². The van der Waals surface area contributed by atoms with Crippen LogP contribution in [0.2, 0.25) is 5.02 Å². The van der Waals surface area contributed by atoms with E-state index in [0.717, 1.165) is 25.2 Å². The Bertz CT molecular complexity index is 416. The number of hydrogen-bond donors (Lipinski definition) is 0. The number of halogens is 2. The number of ether oxygens (including phenoxy) is 1. The van der Waals surface area contributed by atoms with E-state index < -0.39 is 0 Å². The fraction of sp³-hybridized carbons (Fsp3) is 0.533. The number of likely N-dealkylation sites (tertiary alicyclic amines) is 1. The van der Waals surface area contributed by atoms with Crippen LogP contribution in [0.25, 0.3) is 0 Å². The van der Waals surface area contributed by atoms with Gasteiger partial charge in [0.2, 0.25) is 0 Å². The van der Waals surface area contributed by atoms with Crippen molar-refractivity contribution in [1.82, 2.24) is 4.90 Å². The Morgan fingerprint density at radius 3 is 2.50 bits per heavy atom. The van der Waals surface area contributed by atoms with Crippen molar-refractivity contribution in [3.63, 3.8) is 0 Å². The molecule has 5 heteroatoms. The molecule has 1 aliphatic heterocycles. The Morgan fingerprint density at radius 1 is 1.30 bits per heavy atom.